The van der Waals surface area contributed by atoms with E-state index in [2.05, 4.69) is 10.5 Å². The number of methoxy groups -OCH3 is 2. The number of aromatic hydroxyl groups is 1. The van der Waals surface area contributed by atoms with Crippen LogP contribution in [0.3, 0.4) is 0 Å². The van der Waals surface area contributed by atoms with Crippen molar-refractivity contribution in [2.75, 3.05) is 20.8 Å². The summed E-state index contributed by atoms with van der Waals surface area (Å²) in [7, 11) is 2.80. The predicted molar refractivity (Wildman–Crippen MR) is 95.5 cm³/mol. The van der Waals surface area contributed by atoms with Crippen molar-refractivity contribution in [3.05, 3.63) is 52.1 Å². The molecule has 2 aromatic rings. The number of phenols is 1. The summed E-state index contributed by atoms with van der Waals surface area (Å²) >= 11 is 0. The zero-order valence-electron chi connectivity index (χ0n) is 14.5. The summed E-state index contributed by atoms with van der Waals surface area (Å²) in [5, 5.41) is 24.3. The van der Waals surface area contributed by atoms with Gasteiger partial charge in [-0.25, -0.2) is 5.43 Å². The quantitative estimate of drug-likeness (QED) is 0.409. The normalized spacial score (nSPS) is 10.4. The topological polar surface area (TPSA) is 133 Å². The molecule has 0 fully saturated rings. The zero-order chi connectivity index (χ0) is 19.8. The Morgan fingerprint density at radius 2 is 1.89 bits per heavy atom. The van der Waals surface area contributed by atoms with Crippen molar-refractivity contribution in [2.24, 2.45) is 5.10 Å². The van der Waals surface area contributed by atoms with Crippen LogP contribution in [0.25, 0.3) is 0 Å². The first kappa shape index (κ1) is 19.5. The van der Waals surface area contributed by atoms with Gasteiger partial charge in [0, 0.05) is 11.6 Å². The fourth-order valence-electron chi connectivity index (χ4n) is 2.02. The maximum atomic E-state index is 11.7. The summed E-state index contributed by atoms with van der Waals surface area (Å²) in [6.45, 7) is -0.275. The molecule has 0 heterocycles. The second-order valence-electron chi connectivity index (χ2n) is 5.11. The molecule has 0 bridgehead atoms. The summed E-state index contributed by atoms with van der Waals surface area (Å²) in [5.74, 6) is -0.0534. The third-order valence-electron chi connectivity index (χ3n) is 3.33. The predicted octanol–water partition coefficient (Wildman–Crippen LogP) is 1.85. The number of ether oxygens (including phenoxy) is 3. The molecule has 0 unspecified atom stereocenters. The first-order valence-corrected chi connectivity index (χ1v) is 7.58. The van der Waals surface area contributed by atoms with Gasteiger partial charge in [-0.3, -0.25) is 14.9 Å². The second kappa shape index (κ2) is 9.04. The molecule has 0 radical (unpaired) electrons. The minimum absolute atomic E-state index is 0.0835. The van der Waals surface area contributed by atoms with Gasteiger partial charge in [0.15, 0.2) is 12.4 Å². The molecule has 2 N–H and O–H groups in total. The Labute approximate surface area is 154 Å². The van der Waals surface area contributed by atoms with Crippen LogP contribution in [0.4, 0.5) is 5.69 Å². The van der Waals surface area contributed by atoms with Crippen LogP contribution < -0.4 is 19.6 Å². The number of hydrogen-bond acceptors (Lipinski definition) is 8. The summed E-state index contributed by atoms with van der Waals surface area (Å²) in [4.78, 5) is 21.9. The monoisotopic (exact) mass is 375 g/mol. The Hall–Kier alpha value is -3.82. The maximum absolute atomic E-state index is 11.7. The van der Waals surface area contributed by atoms with E-state index in [-0.39, 0.29) is 17.9 Å². The molecular weight excluding hydrogens is 358 g/mol. The number of rotatable bonds is 8. The standard InChI is InChI=1S/C17H17N3O7/c1-25-12-3-5-13(6-4-12)27-10-16(21)19-18-9-11-7-14(20(23)24)17(22)15(8-11)26-2/h3-9,22H,10H2,1-2H3,(H,19,21)/b18-9+. The first-order chi connectivity index (χ1) is 12.9. The van der Waals surface area contributed by atoms with E-state index in [1.807, 2.05) is 0 Å². The molecule has 2 aromatic carbocycles. The highest BCUT2D eigenvalue weighted by Gasteiger charge is 2.19. The number of nitrogens with zero attached hydrogens (tertiary/aromatic N) is 2. The van der Waals surface area contributed by atoms with Crippen LogP contribution in [0.2, 0.25) is 0 Å². The van der Waals surface area contributed by atoms with E-state index in [9.17, 15) is 20.0 Å². The van der Waals surface area contributed by atoms with Crippen LogP contribution in [0.15, 0.2) is 41.5 Å². The first-order valence-electron chi connectivity index (χ1n) is 7.58. The van der Waals surface area contributed by atoms with Gasteiger partial charge in [-0.1, -0.05) is 0 Å². The van der Waals surface area contributed by atoms with Crippen molar-refractivity contribution in [1.82, 2.24) is 5.43 Å². The molecule has 0 saturated heterocycles. The molecule has 1 amide bonds. The third kappa shape index (κ3) is 5.33. The lowest BCUT2D eigenvalue weighted by Crippen LogP contribution is -2.24. The molecule has 10 heteroatoms. The van der Waals surface area contributed by atoms with Crippen molar-refractivity contribution in [3.8, 4) is 23.0 Å². The second-order valence-corrected chi connectivity index (χ2v) is 5.11. The molecule has 27 heavy (non-hydrogen) atoms. The number of phenolic OH excluding ortho intramolecular Hbond substituents is 1. The molecule has 2 rings (SSSR count). The van der Waals surface area contributed by atoms with E-state index in [1.54, 1.807) is 31.4 Å². The lowest BCUT2D eigenvalue weighted by molar-refractivity contribution is -0.386. The largest absolute Gasteiger partial charge is 0.500 e. The van der Waals surface area contributed by atoms with Crippen LogP contribution in [0, 0.1) is 10.1 Å². The van der Waals surface area contributed by atoms with Gasteiger partial charge in [0.1, 0.15) is 11.5 Å². The third-order valence-corrected chi connectivity index (χ3v) is 3.33. The Morgan fingerprint density at radius 3 is 2.48 bits per heavy atom. The van der Waals surface area contributed by atoms with Crippen LogP contribution in [0.5, 0.6) is 23.0 Å². The van der Waals surface area contributed by atoms with Crippen LogP contribution in [-0.4, -0.2) is 43.0 Å². The average Bonchev–Trinajstić information content (AvgIpc) is 2.67. The van der Waals surface area contributed by atoms with Gasteiger partial charge in [0.05, 0.1) is 25.4 Å². The molecule has 0 aliphatic rings. The lowest BCUT2D eigenvalue weighted by Gasteiger charge is -2.06. The summed E-state index contributed by atoms with van der Waals surface area (Å²) in [6, 6.07) is 9.12. The minimum Gasteiger partial charge on any atom is -0.500 e. The van der Waals surface area contributed by atoms with Crippen LogP contribution >= 0.6 is 0 Å². The van der Waals surface area contributed by atoms with Crippen LogP contribution in [0.1, 0.15) is 5.56 Å². The van der Waals surface area contributed by atoms with Gasteiger partial charge < -0.3 is 19.3 Å². The van der Waals surface area contributed by atoms with Crippen molar-refractivity contribution < 1.29 is 29.0 Å². The van der Waals surface area contributed by atoms with Crippen molar-refractivity contribution >= 4 is 17.8 Å². The maximum Gasteiger partial charge on any atom is 0.315 e. The van der Waals surface area contributed by atoms with E-state index in [4.69, 9.17) is 14.2 Å². The van der Waals surface area contributed by atoms with Crippen molar-refractivity contribution in [2.45, 2.75) is 0 Å². The summed E-state index contributed by atoms with van der Waals surface area (Å²) in [6.07, 6.45) is 1.18. The molecule has 0 aliphatic heterocycles. The highest BCUT2D eigenvalue weighted by molar-refractivity contribution is 5.85. The number of benzene rings is 2. The minimum atomic E-state index is -0.754. The van der Waals surface area contributed by atoms with Crippen molar-refractivity contribution in [1.29, 1.82) is 0 Å². The molecule has 0 aromatic heterocycles. The SMILES string of the molecule is COc1ccc(OCC(=O)N/N=C/c2cc(OC)c(O)c([N+](=O)[O-])c2)cc1. The number of nitro groups is 1. The van der Waals surface area contributed by atoms with Crippen LogP contribution in [-0.2, 0) is 4.79 Å². The number of amides is 1. The highest BCUT2D eigenvalue weighted by Crippen LogP contribution is 2.36. The number of nitro benzene ring substituents is 1. The molecule has 0 aliphatic carbocycles. The Balaban J connectivity index is 1.94. The summed E-state index contributed by atoms with van der Waals surface area (Å²) < 4.78 is 15.2. The molecule has 0 spiro atoms. The Kier molecular flexibility index (Phi) is 6.53. The van der Waals surface area contributed by atoms with Gasteiger partial charge >= 0.3 is 5.69 Å². The van der Waals surface area contributed by atoms with Gasteiger partial charge in [0.2, 0.25) is 5.75 Å². The fraction of sp³-hybridized carbons (Fsp3) is 0.176. The number of nitrogens with one attached hydrogen (secondary N) is 1. The highest BCUT2D eigenvalue weighted by atomic mass is 16.6. The number of carbonyl (C=O) groups excluding carboxylic acids is 1. The van der Waals surface area contributed by atoms with E-state index in [1.165, 1.54) is 19.4 Å². The zero-order valence-corrected chi connectivity index (χ0v) is 14.5. The molecular formula is C17H17N3O7. The van der Waals surface area contributed by atoms with E-state index < -0.39 is 22.3 Å². The van der Waals surface area contributed by atoms with E-state index in [0.717, 1.165) is 6.07 Å². The average molecular weight is 375 g/mol. The lowest BCUT2D eigenvalue weighted by atomic mass is 10.2. The fourth-order valence-corrected chi connectivity index (χ4v) is 2.02. The molecule has 10 nitrogen and oxygen atoms in total. The summed E-state index contributed by atoms with van der Waals surface area (Å²) in [5.41, 5.74) is 1.95. The van der Waals surface area contributed by atoms with Gasteiger partial charge in [0.25, 0.3) is 5.91 Å². The van der Waals surface area contributed by atoms with E-state index >= 15 is 0 Å². The molecule has 0 saturated carbocycles. The van der Waals surface area contributed by atoms with E-state index in [0.29, 0.717) is 11.5 Å². The number of hydrazone groups is 1. The van der Waals surface area contributed by atoms with Gasteiger partial charge in [-0.05, 0) is 30.3 Å². The smallest absolute Gasteiger partial charge is 0.315 e. The number of hydrogen-bond donors (Lipinski definition) is 2. The van der Waals surface area contributed by atoms with Gasteiger partial charge in [-0.15, -0.1) is 0 Å². The Morgan fingerprint density at radius 1 is 1.22 bits per heavy atom. The molecule has 142 valence electrons. The van der Waals surface area contributed by atoms with Gasteiger partial charge in [-0.2, -0.15) is 5.10 Å². The van der Waals surface area contributed by atoms with Crippen molar-refractivity contribution in [3.63, 3.8) is 0 Å². The molecule has 0 atom stereocenters. The number of carbonyl (C=O) groups is 1. The Bertz CT molecular complexity index is 850.